The molecule has 0 spiro atoms. The molecule has 0 radical (unpaired) electrons. The average molecular weight is 279 g/mol. The van der Waals surface area contributed by atoms with Crippen LogP contribution in [0.5, 0.6) is 0 Å². The molecule has 4 heteroatoms. The third-order valence-electron chi connectivity index (χ3n) is 4.61. The predicted molar refractivity (Wildman–Crippen MR) is 81.4 cm³/mol. The zero-order valence-corrected chi connectivity index (χ0v) is 13.4. The molecule has 4 nitrogen and oxygen atoms in total. The molecule has 1 fully saturated rings. The Kier molecular flexibility index (Phi) is 4.55. The lowest BCUT2D eigenvalue weighted by molar-refractivity contribution is -0.0914. The molecule has 1 aliphatic carbocycles. The minimum atomic E-state index is -0.142. The van der Waals surface area contributed by atoms with Crippen LogP contribution in [0.15, 0.2) is 12.3 Å². The van der Waals surface area contributed by atoms with Gasteiger partial charge in [-0.05, 0) is 51.0 Å². The molecule has 2 N–H and O–H groups in total. The van der Waals surface area contributed by atoms with Gasteiger partial charge < -0.3 is 10.5 Å². The lowest BCUT2D eigenvalue weighted by Crippen LogP contribution is -2.45. The molecule has 0 aromatic carbocycles. The number of hydrogen-bond acceptors (Lipinski definition) is 3. The molecule has 20 heavy (non-hydrogen) atoms. The normalized spacial score (nSPS) is 21.3. The highest BCUT2D eigenvalue weighted by Gasteiger charge is 2.38. The molecular weight excluding hydrogens is 250 g/mol. The Morgan fingerprint density at radius 2 is 1.95 bits per heavy atom. The van der Waals surface area contributed by atoms with Gasteiger partial charge in [0.2, 0.25) is 0 Å². The first kappa shape index (κ1) is 15.5. The SMILES string of the molecule is CC(C)n1ccc(COC2(CN)CCC(C)(C)CC2)n1. The van der Waals surface area contributed by atoms with Crippen molar-refractivity contribution in [3.05, 3.63) is 18.0 Å². The summed E-state index contributed by atoms with van der Waals surface area (Å²) in [5, 5.41) is 4.54. The molecule has 0 bridgehead atoms. The first-order valence-electron chi connectivity index (χ1n) is 7.74. The standard InChI is InChI=1S/C16H29N3O/c1-13(2)19-10-5-14(18-19)11-20-16(12-17)8-6-15(3,4)7-9-16/h5,10,13H,6-9,11-12,17H2,1-4H3. The number of nitrogens with zero attached hydrogens (tertiary/aromatic N) is 2. The van der Waals surface area contributed by atoms with Crippen molar-refractivity contribution in [2.75, 3.05) is 6.54 Å². The van der Waals surface area contributed by atoms with Crippen molar-refractivity contribution in [3.8, 4) is 0 Å². The van der Waals surface area contributed by atoms with Gasteiger partial charge in [0, 0.05) is 18.8 Å². The smallest absolute Gasteiger partial charge is 0.0914 e. The van der Waals surface area contributed by atoms with Crippen LogP contribution in [0.25, 0.3) is 0 Å². The van der Waals surface area contributed by atoms with E-state index in [0.29, 0.717) is 24.6 Å². The van der Waals surface area contributed by atoms with E-state index in [2.05, 4.69) is 32.8 Å². The monoisotopic (exact) mass is 279 g/mol. The summed E-state index contributed by atoms with van der Waals surface area (Å²) in [5.74, 6) is 0. The van der Waals surface area contributed by atoms with E-state index in [4.69, 9.17) is 10.5 Å². The van der Waals surface area contributed by atoms with Crippen LogP contribution in [0.2, 0.25) is 0 Å². The third-order valence-corrected chi connectivity index (χ3v) is 4.61. The van der Waals surface area contributed by atoms with Crippen molar-refractivity contribution in [3.63, 3.8) is 0 Å². The van der Waals surface area contributed by atoms with Gasteiger partial charge in [0.15, 0.2) is 0 Å². The molecule has 0 aliphatic heterocycles. The summed E-state index contributed by atoms with van der Waals surface area (Å²) in [6.45, 7) is 10.1. The molecule has 114 valence electrons. The van der Waals surface area contributed by atoms with Crippen LogP contribution >= 0.6 is 0 Å². The zero-order chi connectivity index (χ0) is 14.8. The number of aromatic nitrogens is 2. The molecule has 2 rings (SSSR count). The minimum Gasteiger partial charge on any atom is -0.367 e. The van der Waals surface area contributed by atoms with Gasteiger partial charge in [-0.25, -0.2) is 0 Å². The lowest BCUT2D eigenvalue weighted by atomic mass is 9.71. The van der Waals surface area contributed by atoms with E-state index in [1.807, 2.05) is 16.9 Å². The quantitative estimate of drug-likeness (QED) is 0.900. The Hall–Kier alpha value is -0.870. The third kappa shape index (κ3) is 3.61. The van der Waals surface area contributed by atoms with E-state index in [1.54, 1.807) is 0 Å². The van der Waals surface area contributed by atoms with Crippen LogP contribution in [0, 0.1) is 5.41 Å². The van der Waals surface area contributed by atoms with Crippen molar-refractivity contribution in [2.45, 2.75) is 71.6 Å². The highest BCUT2D eigenvalue weighted by atomic mass is 16.5. The van der Waals surface area contributed by atoms with Crippen LogP contribution in [-0.2, 0) is 11.3 Å². The summed E-state index contributed by atoms with van der Waals surface area (Å²) in [6.07, 6.45) is 6.50. The van der Waals surface area contributed by atoms with Gasteiger partial charge >= 0.3 is 0 Å². The predicted octanol–water partition coefficient (Wildman–Crippen LogP) is 3.28. The van der Waals surface area contributed by atoms with E-state index in [0.717, 1.165) is 18.5 Å². The molecule has 1 heterocycles. The molecule has 0 atom stereocenters. The van der Waals surface area contributed by atoms with Gasteiger partial charge in [-0.15, -0.1) is 0 Å². The largest absolute Gasteiger partial charge is 0.367 e. The van der Waals surface area contributed by atoms with Gasteiger partial charge in [-0.1, -0.05) is 13.8 Å². The molecule has 0 unspecified atom stereocenters. The van der Waals surface area contributed by atoms with Gasteiger partial charge in [0.25, 0.3) is 0 Å². The summed E-state index contributed by atoms with van der Waals surface area (Å²) in [7, 11) is 0. The molecule has 1 aromatic rings. The maximum atomic E-state index is 6.19. The minimum absolute atomic E-state index is 0.142. The van der Waals surface area contributed by atoms with Crippen LogP contribution in [0.3, 0.4) is 0 Å². The van der Waals surface area contributed by atoms with E-state index in [9.17, 15) is 0 Å². The molecule has 1 saturated carbocycles. The Bertz CT molecular complexity index is 427. The molecular formula is C16H29N3O. The van der Waals surface area contributed by atoms with Crippen molar-refractivity contribution in [1.82, 2.24) is 9.78 Å². The average Bonchev–Trinajstić information content (AvgIpc) is 2.87. The van der Waals surface area contributed by atoms with Gasteiger partial charge in [-0.2, -0.15) is 5.10 Å². The van der Waals surface area contributed by atoms with Crippen molar-refractivity contribution in [2.24, 2.45) is 11.1 Å². The topological polar surface area (TPSA) is 53.1 Å². The Morgan fingerprint density at radius 3 is 2.45 bits per heavy atom. The van der Waals surface area contributed by atoms with Crippen LogP contribution in [0.1, 0.15) is 65.1 Å². The Morgan fingerprint density at radius 1 is 1.30 bits per heavy atom. The first-order valence-corrected chi connectivity index (χ1v) is 7.74. The van der Waals surface area contributed by atoms with Gasteiger partial charge in [0.05, 0.1) is 17.9 Å². The van der Waals surface area contributed by atoms with Crippen LogP contribution in [-0.4, -0.2) is 21.9 Å². The number of nitrogens with two attached hydrogens (primary N) is 1. The second-order valence-corrected chi connectivity index (χ2v) is 7.22. The van der Waals surface area contributed by atoms with E-state index < -0.39 is 0 Å². The Labute approximate surface area is 122 Å². The maximum Gasteiger partial charge on any atom is 0.0914 e. The van der Waals surface area contributed by atoms with E-state index >= 15 is 0 Å². The summed E-state index contributed by atoms with van der Waals surface area (Å²) in [4.78, 5) is 0. The fourth-order valence-corrected chi connectivity index (χ4v) is 2.76. The molecule has 0 amide bonds. The zero-order valence-electron chi connectivity index (χ0n) is 13.4. The molecule has 1 aromatic heterocycles. The number of hydrogen-bond donors (Lipinski definition) is 1. The summed E-state index contributed by atoms with van der Waals surface area (Å²) >= 11 is 0. The van der Waals surface area contributed by atoms with Crippen LogP contribution in [0.4, 0.5) is 0 Å². The van der Waals surface area contributed by atoms with Crippen molar-refractivity contribution in [1.29, 1.82) is 0 Å². The van der Waals surface area contributed by atoms with Gasteiger partial charge in [-0.3, -0.25) is 4.68 Å². The fourth-order valence-electron chi connectivity index (χ4n) is 2.76. The second kappa shape index (κ2) is 5.86. The Balaban J connectivity index is 1.93. The van der Waals surface area contributed by atoms with E-state index in [1.165, 1.54) is 12.8 Å². The first-order chi connectivity index (χ1) is 9.36. The van der Waals surface area contributed by atoms with E-state index in [-0.39, 0.29) is 5.60 Å². The highest BCUT2D eigenvalue weighted by Crippen LogP contribution is 2.41. The number of rotatable bonds is 5. The molecule has 0 saturated heterocycles. The second-order valence-electron chi connectivity index (χ2n) is 7.22. The summed E-state index contributed by atoms with van der Waals surface area (Å²) in [6, 6.07) is 2.43. The fraction of sp³-hybridized carbons (Fsp3) is 0.812. The molecule has 1 aliphatic rings. The van der Waals surface area contributed by atoms with Crippen molar-refractivity contribution >= 4 is 0 Å². The lowest BCUT2D eigenvalue weighted by Gasteiger charge is -2.42. The summed E-state index contributed by atoms with van der Waals surface area (Å²) < 4.78 is 8.16. The van der Waals surface area contributed by atoms with Crippen LogP contribution < -0.4 is 5.73 Å². The maximum absolute atomic E-state index is 6.19. The number of ether oxygens (including phenoxy) is 1. The van der Waals surface area contributed by atoms with Crippen molar-refractivity contribution < 1.29 is 4.74 Å². The highest BCUT2D eigenvalue weighted by molar-refractivity contribution is 4.99. The van der Waals surface area contributed by atoms with Gasteiger partial charge in [0.1, 0.15) is 0 Å². The summed E-state index contributed by atoms with van der Waals surface area (Å²) in [5.41, 5.74) is 7.28.